The molecule has 0 unspecified atom stereocenters. The molecule has 108 valence electrons. The lowest BCUT2D eigenvalue weighted by Crippen LogP contribution is -2.29. The first-order chi connectivity index (χ1) is 10.4. The summed E-state index contributed by atoms with van der Waals surface area (Å²) in [4.78, 5) is 17.8. The molecular weight excluding hydrogens is 262 g/mol. The van der Waals surface area contributed by atoms with E-state index < -0.39 is 0 Å². The number of likely N-dealkylation sites (tertiary alicyclic amines) is 1. The first-order valence-corrected chi connectivity index (χ1v) is 7.52. The highest BCUT2D eigenvalue weighted by atomic mass is 15.3. The van der Waals surface area contributed by atoms with Crippen molar-refractivity contribution < 1.29 is 0 Å². The van der Waals surface area contributed by atoms with Crippen LogP contribution in [0, 0.1) is 11.8 Å². The summed E-state index contributed by atoms with van der Waals surface area (Å²) < 4.78 is 0. The number of pyridine rings is 1. The molecule has 0 amide bonds. The van der Waals surface area contributed by atoms with Crippen LogP contribution in [0.3, 0.4) is 0 Å². The van der Waals surface area contributed by atoms with Gasteiger partial charge in [-0.25, -0.2) is 9.97 Å². The van der Waals surface area contributed by atoms with Crippen molar-refractivity contribution in [3.63, 3.8) is 0 Å². The second-order valence-corrected chi connectivity index (χ2v) is 6.03. The number of rotatable bonds is 3. The Morgan fingerprint density at radius 2 is 1.71 bits per heavy atom. The highest BCUT2D eigenvalue weighted by molar-refractivity contribution is 5.31. The van der Waals surface area contributed by atoms with Crippen LogP contribution in [-0.4, -0.2) is 46.0 Å². The summed E-state index contributed by atoms with van der Waals surface area (Å²) in [6, 6.07) is 6.04. The van der Waals surface area contributed by atoms with Gasteiger partial charge in [0.25, 0.3) is 0 Å². The lowest BCUT2D eigenvalue weighted by molar-refractivity contribution is 0.308. The summed E-state index contributed by atoms with van der Waals surface area (Å²) in [6.07, 6.45) is 7.45. The molecule has 21 heavy (non-hydrogen) atoms. The first-order valence-electron chi connectivity index (χ1n) is 7.52. The number of hydrogen-bond donors (Lipinski definition) is 0. The summed E-state index contributed by atoms with van der Waals surface area (Å²) in [5.74, 6) is 2.36. The van der Waals surface area contributed by atoms with Crippen LogP contribution in [0.4, 0.5) is 5.95 Å². The van der Waals surface area contributed by atoms with Gasteiger partial charge in [-0.15, -0.1) is 0 Å². The Labute approximate surface area is 124 Å². The Bertz CT molecular complexity index is 574. The Morgan fingerprint density at radius 3 is 2.38 bits per heavy atom. The molecule has 2 saturated heterocycles. The minimum atomic E-state index is 0.741. The van der Waals surface area contributed by atoms with Gasteiger partial charge in [-0.2, -0.15) is 0 Å². The molecule has 0 N–H and O–H groups in total. The van der Waals surface area contributed by atoms with E-state index in [0.717, 1.165) is 37.4 Å². The van der Waals surface area contributed by atoms with Gasteiger partial charge in [-0.3, -0.25) is 9.88 Å². The van der Waals surface area contributed by atoms with E-state index in [1.54, 1.807) is 0 Å². The van der Waals surface area contributed by atoms with Crippen molar-refractivity contribution in [2.75, 3.05) is 31.1 Å². The molecule has 0 radical (unpaired) electrons. The summed E-state index contributed by atoms with van der Waals surface area (Å²) in [5, 5.41) is 0. The SMILES string of the molecule is c1cnc(N2C[C@H]3CN(Cc4cccnc4)C[C@H]3C2)nc1. The van der Waals surface area contributed by atoms with Crippen molar-refractivity contribution in [2.24, 2.45) is 11.8 Å². The molecule has 4 rings (SSSR count). The Kier molecular flexibility index (Phi) is 3.27. The summed E-state index contributed by atoms with van der Waals surface area (Å²) >= 11 is 0. The van der Waals surface area contributed by atoms with Crippen LogP contribution >= 0.6 is 0 Å². The maximum absolute atomic E-state index is 4.37. The average molecular weight is 281 g/mol. The quantitative estimate of drug-likeness (QED) is 0.852. The van der Waals surface area contributed by atoms with Gasteiger partial charge in [0.2, 0.25) is 5.95 Å². The number of anilines is 1. The summed E-state index contributed by atoms with van der Waals surface area (Å²) in [7, 11) is 0. The molecule has 5 nitrogen and oxygen atoms in total. The third-order valence-electron chi connectivity index (χ3n) is 4.53. The molecule has 2 aliphatic heterocycles. The largest absolute Gasteiger partial charge is 0.340 e. The number of nitrogens with zero attached hydrogens (tertiary/aromatic N) is 5. The zero-order chi connectivity index (χ0) is 14.1. The molecule has 2 atom stereocenters. The third-order valence-corrected chi connectivity index (χ3v) is 4.53. The number of hydrogen-bond acceptors (Lipinski definition) is 5. The maximum Gasteiger partial charge on any atom is 0.225 e. The second kappa shape index (κ2) is 5.41. The zero-order valence-electron chi connectivity index (χ0n) is 12.0. The van der Waals surface area contributed by atoms with Crippen LogP contribution in [0.25, 0.3) is 0 Å². The zero-order valence-corrected chi connectivity index (χ0v) is 12.0. The maximum atomic E-state index is 4.37. The van der Waals surface area contributed by atoms with E-state index in [9.17, 15) is 0 Å². The van der Waals surface area contributed by atoms with Crippen LogP contribution < -0.4 is 4.90 Å². The van der Waals surface area contributed by atoms with E-state index in [1.807, 2.05) is 36.9 Å². The fraction of sp³-hybridized carbons (Fsp3) is 0.438. The Balaban J connectivity index is 1.37. The highest BCUT2D eigenvalue weighted by Crippen LogP contribution is 2.33. The highest BCUT2D eigenvalue weighted by Gasteiger charge is 2.40. The van der Waals surface area contributed by atoms with E-state index in [2.05, 4.69) is 30.8 Å². The third kappa shape index (κ3) is 2.61. The lowest BCUT2D eigenvalue weighted by Gasteiger charge is -2.21. The van der Waals surface area contributed by atoms with Crippen molar-refractivity contribution in [3.05, 3.63) is 48.5 Å². The van der Waals surface area contributed by atoms with Gasteiger partial charge in [-0.05, 0) is 29.5 Å². The standard InChI is InChI=1S/C16H19N5/c1-3-13(7-17-4-1)8-20-9-14-11-21(12-15(14)10-20)16-18-5-2-6-19-16/h1-7,14-15H,8-12H2/t14-,15+. The molecule has 2 fully saturated rings. The molecule has 2 aliphatic rings. The predicted octanol–water partition coefficient (Wildman–Crippen LogP) is 1.44. The van der Waals surface area contributed by atoms with E-state index in [1.165, 1.54) is 18.7 Å². The Morgan fingerprint density at radius 1 is 0.952 bits per heavy atom. The van der Waals surface area contributed by atoms with Crippen molar-refractivity contribution in [2.45, 2.75) is 6.54 Å². The van der Waals surface area contributed by atoms with Crippen molar-refractivity contribution >= 4 is 5.95 Å². The van der Waals surface area contributed by atoms with E-state index in [0.29, 0.717) is 0 Å². The molecule has 0 aliphatic carbocycles. The van der Waals surface area contributed by atoms with Gasteiger partial charge in [0.05, 0.1) is 0 Å². The smallest absolute Gasteiger partial charge is 0.225 e. The monoisotopic (exact) mass is 281 g/mol. The lowest BCUT2D eigenvalue weighted by atomic mass is 10.0. The molecule has 0 saturated carbocycles. The topological polar surface area (TPSA) is 45.2 Å². The average Bonchev–Trinajstić information content (AvgIpc) is 3.07. The number of aromatic nitrogens is 3. The van der Waals surface area contributed by atoms with Gasteiger partial charge in [0, 0.05) is 57.5 Å². The van der Waals surface area contributed by atoms with Gasteiger partial charge in [-0.1, -0.05) is 6.07 Å². The minimum absolute atomic E-state index is 0.741. The first kappa shape index (κ1) is 12.7. The van der Waals surface area contributed by atoms with E-state index in [-0.39, 0.29) is 0 Å². The van der Waals surface area contributed by atoms with Gasteiger partial charge < -0.3 is 4.90 Å². The molecule has 0 bridgehead atoms. The summed E-state index contributed by atoms with van der Waals surface area (Å²) in [5.41, 5.74) is 1.31. The Hall–Kier alpha value is -2.01. The fourth-order valence-electron chi connectivity index (χ4n) is 3.59. The molecule has 2 aromatic rings. The van der Waals surface area contributed by atoms with Crippen LogP contribution in [0.1, 0.15) is 5.56 Å². The van der Waals surface area contributed by atoms with Crippen LogP contribution in [0.5, 0.6) is 0 Å². The predicted molar refractivity (Wildman–Crippen MR) is 80.7 cm³/mol. The molecule has 4 heterocycles. The van der Waals surface area contributed by atoms with E-state index in [4.69, 9.17) is 0 Å². The second-order valence-electron chi connectivity index (χ2n) is 6.03. The number of fused-ring (bicyclic) bond motifs is 1. The van der Waals surface area contributed by atoms with Gasteiger partial charge in [0.15, 0.2) is 0 Å². The van der Waals surface area contributed by atoms with Crippen LogP contribution in [0.15, 0.2) is 43.0 Å². The van der Waals surface area contributed by atoms with Crippen molar-refractivity contribution in [1.29, 1.82) is 0 Å². The van der Waals surface area contributed by atoms with Gasteiger partial charge >= 0.3 is 0 Å². The molecule has 2 aromatic heterocycles. The minimum Gasteiger partial charge on any atom is -0.340 e. The van der Waals surface area contributed by atoms with Crippen molar-refractivity contribution in [3.8, 4) is 0 Å². The molecule has 0 aromatic carbocycles. The van der Waals surface area contributed by atoms with Gasteiger partial charge in [0.1, 0.15) is 0 Å². The fourth-order valence-corrected chi connectivity index (χ4v) is 3.59. The normalized spacial score (nSPS) is 25.2. The van der Waals surface area contributed by atoms with E-state index >= 15 is 0 Å². The van der Waals surface area contributed by atoms with Crippen LogP contribution in [-0.2, 0) is 6.54 Å². The molecule has 0 spiro atoms. The molecular formula is C16H19N5. The molecule has 5 heteroatoms. The summed E-state index contributed by atoms with van der Waals surface area (Å²) in [6.45, 7) is 5.52. The van der Waals surface area contributed by atoms with Crippen molar-refractivity contribution in [1.82, 2.24) is 19.9 Å². The van der Waals surface area contributed by atoms with Crippen LogP contribution in [0.2, 0.25) is 0 Å².